The van der Waals surface area contributed by atoms with E-state index in [4.69, 9.17) is 0 Å². The van der Waals surface area contributed by atoms with E-state index >= 15 is 0 Å². The Bertz CT molecular complexity index is 525. The number of aryl methyl sites for hydroxylation is 1. The summed E-state index contributed by atoms with van der Waals surface area (Å²) in [4.78, 5) is 5.33. The topological polar surface area (TPSA) is 6.48 Å². The molecule has 0 N–H and O–H groups in total. The van der Waals surface area contributed by atoms with Gasteiger partial charge in [-0.1, -0.05) is 42.0 Å². The van der Waals surface area contributed by atoms with Crippen LogP contribution in [0.15, 0.2) is 36.4 Å². The minimum absolute atomic E-state index is 0.899. The predicted octanol–water partition coefficient (Wildman–Crippen LogP) is 3.32. The maximum absolute atomic E-state index is 2.71. The zero-order valence-electron chi connectivity index (χ0n) is 13.7. The van der Waals surface area contributed by atoms with Gasteiger partial charge in [-0.15, -0.1) is 0 Å². The van der Waals surface area contributed by atoms with E-state index in [1.54, 1.807) is 0 Å². The highest BCUT2D eigenvalue weighted by Crippen LogP contribution is 2.43. The van der Waals surface area contributed by atoms with Crippen molar-refractivity contribution in [3.05, 3.63) is 47.5 Å². The molecule has 2 heteroatoms. The molecule has 0 unspecified atom stereocenters. The highest BCUT2D eigenvalue weighted by atomic mass is 15.3. The average Bonchev–Trinajstić information content (AvgIpc) is 3.14. The third kappa shape index (κ3) is 3.13. The Balaban J connectivity index is 1.24. The molecule has 0 spiro atoms. The van der Waals surface area contributed by atoms with E-state index < -0.39 is 0 Å². The molecule has 2 aliphatic carbocycles. The Morgan fingerprint density at radius 3 is 2.27 bits per heavy atom. The van der Waals surface area contributed by atoms with Crippen LogP contribution in [0.3, 0.4) is 0 Å². The predicted molar refractivity (Wildman–Crippen MR) is 91.7 cm³/mol. The Kier molecular flexibility index (Phi) is 4.06. The third-order valence-electron chi connectivity index (χ3n) is 5.90. The van der Waals surface area contributed by atoms with Crippen molar-refractivity contribution >= 4 is 0 Å². The number of fused-ring (bicyclic) bond motifs is 2. The summed E-state index contributed by atoms with van der Waals surface area (Å²) in [7, 11) is 0. The van der Waals surface area contributed by atoms with Gasteiger partial charge in [0.15, 0.2) is 0 Å². The molecule has 1 saturated carbocycles. The Morgan fingerprint density at radius 2 is 1.64 bits per heavy atom. The standard InChI is InChI=1S/C20H28N2/c1-16-2-4-17(5-3-16)14-21-8-10-22(11-9-21)15-20-13-18-6-7-19(20)12-18/h2-7,18-20H,8-15H2,1H3/t18-,19-,20-/m1/s1. The molecule has 2 bridgehead atoms. The van der Waals surface area contributed by atoms with Crippen molar-refractivity contribution in [2.24, 2.45) is 17.8 Å². The van der Waals surface area contributed by atoms with Crippen LogP contribution in [0.2, 0.25) is 0 Å². The monoisotopic (exact) mass is 296 g/mol. The van der Waals surface area contributed by atoms with Crippen molar-refractivity contribution in [3.63, 3.8) is 0 Å². The van der Waals surface area contributed by atoms with Gasteiger partial charge >= 0.3 is 0 Å². The molecular weight excluding hydrogens is 268 g/mol. The minimum Gasteiger partial charge on any atom is -0.300 e. The zero-order chi connectivity index (χ0) is 14.9. The first-order valence-corrected chi connectivity index (χ1v) is 8.95. The smallest absolute Gasteiger partial charge is 0.0234 e. The van der Waals surface area contributed by atoms with Crippen LogP contribution in [-0.2, 0) is 6.54 Å². The number of rotatable bonds is 4. The number of benzene rings is 1. The molecule has 1 heterocycles. The van der Waals surface area contributed by atoms with E-state index in [-0.39, 0.29) is 0 Å². The van der Waals surface area contributed by atoms with Crippen LogP contribution in [-0.4, -0.2) is 42.5 Å². The van der Waals surface area contributed by atoms with E-state index in [9.17, 15) is 0 Å². The van der Waals surface area contributed by atoms with Crippen LogP contribution in [0.5, 0.6) is 0 Å². The maximum Gasteiger partial charge on any atom is 0.0234 e. The highest BCUT2D eigenvalue weighted by molar-refractivity contribution is 5.21. The fraction of sp³-hybridized carbons (Fsp3) is 0.600. The normalized spacial score (nSPS) is 32.0. The van der Waals surface area contributed by atoms with Crippen molar-refractivity contribution in [1.82, 2.24) is 9.80 Å². The Morgan fingerprint density at radius 1 is 0.909 bits per heavy atom. The fourth-order valence-corrected chi connectivity index (χ4v) is 4.52. The van der Waals surface area contributed by atoms with Crippen LogP contribution in [0, 0.1) is 24.7 Å². The number of hydrogen-bond donors (Lipinski definition) is 0. The second-order valence-electron chi connectivity index (χ2n) is 7.60. The fourth-order valence-electron chi connectivity index (χ4n) is 4.52. The molecule has 0 aromatic heterocycles. The van der Waals surface area contributed by atoms with Crippen molar-refractivity contribution < 1.29 is 0 Å². The van der Waals surface area contributed by atoms with Crippen molar-refractivity contribution in [1.29, 1.82) is 0 Å². The molecule has 3 aliphatic rings. The second-order valence-corrected chi connectivity index (χ2v) is 7.60. The van der Waals surface area contributed by atoms with Crippen molar-refractivity contribution in [3.8, 4) is 0 Å². The largest absolute Gasteiger partial charge is 0.300 e. The molecule has 3 atom stereocenters. The third-order valence-corrected chi connectivity index (χ3v) is 5.90. The summed E-state index contributed by atoms with van der Waals surface area (Å²) in [6, 6.07) is 9.02. The van der Waals surface area contributed by atoms with Gasteiger partial charge in [-0.05, 0) is 43.1 Å². The molecule has 1 aliphatic heterocycles. The van der Waals surface area contributed by atoms with Crippen LogP contribution in [0.1, 0.15) is 24.0 Å². The van der Waals surface area contributed by atoms with Crippen molar-refractivity contribution in [2.45, 2.75) is 26.3 Å². The summed E-state index contributed by atoms with van der Waals surface area (Å²) in [6.45, 7) is 9.57. The molecular formula is C20H28N2. The zero-order valence-corrected chi connectivity index (χ0v) is 13.7. The van der Waals surface area contributed by atoms with Crippen LogP contribution < -0.4 is 0 Å². The Labute approximate surface area is 134 Å². The first-order valence-electron chi connectivity index (χ1n) is 8.95. The van der Waals surface area contributed by atoms with E-state index in [1.807, 2.05) is 0 Å². The molecule has 22 heavy (non-hydrogen) atoms. The van der Waals surface area contributed by atoms with Crippen LogP contribution >= 0.6 is 0 Å². The first kappa shape index (κ1) is 14.5. The lowest BCUT2D eigenvalue weighted by Gasteiger charge is -2.37. The molecule has 1 saturated heterocycles. The maximum atomic E-state index is 2.71. The SMILES string of the molecule is Cc1ccc(CN2CCN(C[C@H]3C[C@@H]4C=C[C@@H]3C4)CC2)cc1. The lowest BCUT2D eigenvalue weighted by Crippen LogP contribution is -2.47. The van der Waals surface area contributed by atoms with Crippen LogP contribution in [0.4, 0.5) is 0 Å². The molecule has 0 amide bonds. The van der Waals surface area contributed by atoms with Gasteiger partial charge in [-0.3, -0.25) is 4.90 Å². The quantitative estimate of drug-likeness (QED) is 0.786. The van der Waals surface area contributed by atoms with Crippen LogP contribution in [0.25, 0.3) is 0 Å². The first-order chi connectivity index (χ1) is 10.8. The van der Waals surface area contributed by atoms with Gasteiger partial charge < -0.3 is 4.90 Å². The summed E-state index contributed by atoms with van der Waals surface area (Å²) in [6.07, 6.45) is 7.84. The molecule has 1 aromatic carbocycles. The van der Waals surface area contributed by atoms with E-state index in [0.29, 0.717) is 0 Å². The summed E-state index contributed by atoms with van der Waals surface area (Å²) >= 11 is 0. The molecule has 0 radical (unpaired) electrons. The minimum atomic E-state index is 0.899. The number of nitrogens with zero attached hydrogens (tertiary/aromatic N) is 2. The van der Waals surface area contributed by atoms with Crippen molar-refractivity contribution in [2.75, 3.05) is 32.7 Å². The molecule has 4 rings (SSSR count). The summed E-state index contributed by atoms with van der Waals surface area (Å²) in [5.41, 5.74) is 2.81. The van der Waals surface area contributed by atoms with Gasteiger partial charge in [-0.25, -0.2) is 0 Å². The second kappa shape index (κ2) is 6.17. The van der Waals surface area contributed by atoms with Gasteiger partial charge in [0.25, 0.3) is 0 Å². The van der Waals surface area contributed by atoms with Gasteiger partial charge in [0.1, 0.15) is 0 Å². The Hall–Kier alpha value is -1.12. The molecule has 1 aromatic rings. The highest BCUT2D eigenvalue weighted by Gasteiger charge is 2.36. The molecule has 2 fully saturated rings. The number of hydrogen-bond acceptors (Lipinski definition) is 2. The molecule has 118 valence electrons. The van der Waals surface area contributed by atoms with E-state index in [0.717, 1.165) is 24.3 Å². The van der Waals surface area contributed by atoms with Gasteiger partial charge in [0, 0.05) is 39.3 Å². The van der Waals surface area contributed by atoms with E-state index in [2.05, 4.69) is 53.1 Å². The number of piperazine rings is 1. The lowest BCUT2D eigenvalue weighted by molar-refractivity contribution is 0.108. The number of allylic oxidation sites excluding steroid dienone is 2. The van der Waals surface area contributed by atoms with Gasteiger partial charge in [-0.2, -0.15) is 0 Å². The van der Waals surface area contributed by atoms with Gasteiger partial charge in [0.05, 0.1) is 0 Å². The summed E-state index contributed by atoms with van der Waals surface area (Å²) < 4.78 is 0. The summed E-state index contributed by atoms with van der Waals surface area (Å²) in [5.74, 6) is 2.76. The van der Waals surface area contributed by atoms with E-state index in [1.165, 1.54) is 56.7 Å². The average molecular weight is 296 g/mol. The lowest BCUT2D eigenvalue weighted by atomic mass is 9.93. The van der Waals surface area contributed by atoms with Gasteiger partial charge in [0.2, 0.25) is 0 Å². The summed E-state index contributed by atoms with van der Waals surface area (Å²) in [5, 5.41) is 0. The molecule has 2 nitrogen and oxygen atoms in total.